The van der Waals surface area contributed by atoms with E-state index >= 15 is 0 Å². The fraction of sp³-hybridized carbons (Fsp3) is 0.429. The van der Waals surface area contributed by atoms with Gasteiger partial charge in [0.15, 0.2) is 5.82 Å². The van der Waals surface area contributed by atoms with Crippen molar-refractivity contribution in [1.29, 1.82) is 0 Å². The molecule has 1 saturated heterocycles. The molecular weight excluding hydrogens is 439 g/mol. The van der Waals surface area contributed by atoms with Crippen molar-refractivity contribution in [1.82, 2.24) is 14.9 Å². The Labute approximate surface area is 190 Å². The van der Waals surface area contributed by atoms with Crippen LogP contribution >= 0.6 is 23.2 Å². The van der Waals surface area contributed by atoms with E-state index in [1.807, 2.05) is 32.7 Å². The van der Waals surface area contributed by atoms with Gasteiger partial charge in [-0.1, -0.05) is 37.0 Å². The monoisotopic (exact) mass is 462 g/mol. The van der Waals surface area contributed by atoms with Crippen molar-refractivity contribution in [3.05, 3.63) is 39.5 Å². The molecule has 2 aliphatic rings. The van der Waals surface area contributed by atoms with Crippen LogP contribution < -0.4 is 15.5 Å². The summed E-state index contributed by atoms with van der Waals surface area (Å²) >= 11 is 12.0. The second kappa shape index (κ2) is 8.16. The third kappa shape index (κ3) is 4.14. The molecule has 1 unspecified atom stereocenters. The number of likely N-dealkylation sites (N-methyl/N-ethyl adjacent to an activating group) is 1. The summed E-state index contributed by atoms with van der Waals surface area (Å²) in [6, 6.07) is 4.56. The first-order valence-electron chi connectivity index (χ1n) is 10.1. The number of carbonyl (C=O) groups is 2. The number of hydrogen-bond donors (Lipinski definition) is 2. The van der Waals surface area contributed by atoms with E-state index in [4.69, 9.17) is 23.2 Å². The van der Waals surface area contributed by atoms with Gasteiger partial charge in [-0.05, 0) is 31.0 Å². The minimum absolute atomic E-state index is 0.0282. The summed E-state index contributed by atoms with van der Waals surface area (Å²) in [6.07, 6.45) is 0. The van der Waals surface area contributed by atoms with Gasteiger partial charge in [0.2, 0.25) is 11.9 Å². The number of anilines is 3. The first-order chi connectivity index (χ1) is 14.6. The number of nitrogens with zero attached hydrogens (tertiary/aromatic N) is 4. The fourth-order valence-corrected chi connectivity index (χ4v) is 4.58. The topological polar surface area (TPSA) is 90.5 Å². The maximum absolute atomic E-state index is 12.7. The largest absolute Gasteiger partial charge is 0.348 e. The van der Waals surface area contributed by atoms with Gasteiger partial charge < -0.3 is 20.4 Å². The van der Waals surface area contributed by atoms with Gasteiger partial charge >= 0.3 is 0 Å². The highest BCUT2D eigenvalue weighted by atomic mass is 35.5. The Hall–Kier alpha value is -2.58. The lowest BCUT2D eigenvalue weighted by Crippen LogP contribution is -2.57. The second-order valence-corrected chi connectivity index (χ2v) is 9.20. The van der Waals surface area contributed by atoms with Gasteiger partial charge in [0.25, 0.3) is 5.91 Å². The Kier molecular flexibility index (Phi) is 5.70. The quantitative estimate of drug-likeness (QED) is 0.722. The Balaban J connectivity index is 1.45. The highest BCUT2D eigenvalue weighted by molar-refractivity contribution is 6.35. The first kappa shape index (κ1) is 21.6. The summed E-state index contributed by atoms with van der Waals surface area (Å²) in [5.74, 6) is 1.13. The van der Waals surface area contributed by atoms with Crippen molar-refractivity contribution in [2.75, 3.05) is 35.7 Å². The summed E-state index contributed by atoms with van der Waals surface area (Å²) in [5, 5.41) is 7.10. The summed E-state index contributed by atoms with van der Waals surface area (Å²) < 4.78 is 0. The Morgan fingerprint density at radius 3 is 2.45 bits per heavy atom. The standard InChI is InChI=1S/C21H24Cl2N6O2/c1-10(2)17-19(30)26-16-11(3)24-21(27-18(16)28(17)4)25-15-8-29(9-15)20(31)12-5-13(22)7-14(23)6-12/h5-7,10,15,17H,8-9H2,1-4H3,(H,26,30)(H,24,25,27). The van der Waals surface area contributed by atoms with Crippen LogP contribution in [0.4, 0.5) is 17.5 Å². The van der Waals surface area contributed by atoms with Crippen LogP contribution in [0.25, 0.3) is 0 Å². The van der Waals surface area contributed by atoms with E-state index in [0.29, 0.717) is 51.8 Å². The maximum Gasteiger partial charge on any atom is 0.254 e. The van der Waals surface area contributed by atoms with Crippen LogP contribution in [-0.2, 0) is 4.79 Å². The molecular formula is C21H24Cl2N6O2. The smallest absolute Gasteiger partial charge is 0.254 e. The molecule has 4 rings (SSSR count). The zero-order valence-corrected chi connectivity index (χ0v) is 19.3. The first-order valence-corrected chi connectivity index (χ1v) is 10.8. The minimum Gasteiger partial charge on any atom is -0.348 e. The molecule has 1 fully saturated rings. The predicted octanol–water partition coefficient (Wildman–Crippen LogP) is 3.44. The van der Waals surface area contributed by atoms with E-state index in [1.165, 1.54) is 0 Å². The molecule has 10 heteroatoms. The number of fused-ring (bicyclic) bond motifs is 1. The SMILES string of the molecule is Cc1nc(NC2CN(C(=O)c3cc(Cl)cc(Cl)c3)C2)nc2c1NC(=O)C(C(C)C)N2C. The van der Waals surface area contributed by atoms with E-state index in [2.05, 4.69) is 20.6 Å². The zero-order chi connectivity index (χ0) is 22.4. The number of hydrogen-bond acceptors (Lipinski definition) is 6. The van der Waals surface area contributed by atoms with Crippen LogP contribution in [0.3, 0.4) is 0 Å². The number of aromatic nitrogens is 2. The Morgan fingerprint density at radius 2 is 1.84 bits per heavy atom. The highest BCUT2D eigenvalue weighted by Gasteiger charge is 2.36. The van der Waals surface area contributed by atoms with Gasteiger partial charge in [0.1, 0.15) is 11.7 Å². The average Bonchev–Trinajstić information content (AvgIpc) is 2.64. The Bertz CT molecular complexity index is 1030. The van der Waals surface area contributed by atoms with E-state index < -0.39 is 0 Å². The van der Waals surface area contributed by atoms with Crippen LogP contribution in [0.5, 0.6) is 0 Å². The molecule has 1 aromatic carbocycles. The fourth-order valence-electron chi connectivity index (χ4n) is 4.06. The van der Waals surface area contributed by atoms with E-state index in [-0.39, 0.29) is 29.8 Å². The molecule has 0 saturated carbocycles. The number of amides is 2. The summed E-state index contributed by atoms with van der Waals surface area (Å²) in [6.45, 7) is 6.89. The molecule has 2 N–H and O–H groups in total. The number of aryl methyl sites for hydroxylation is 1. The minimum atomic E-state index is -0.295. The van der Waals surface area contributed by atoms with Crippen LogP contribution in [0, 0.1) is 12.8 Å². The van der Waals surface area contributed by atoms with E-state index in [1.54, 1.807) is 23.1 Å². The van der Waals surface area contributed by atoms with Gasteiger partial charge in [-0.25, -0.2) is 4.98 Å². The number of halogens is 2. The predicted molar refractivity (Wildman–Crippen MR) is 122 cm³/mol. The number of carbonyl (C=O) groups excluding carboxylic acids is 2. The number of rotatable bonds is 4. The second-order valence-electron chi connectivity index (χ2n) is 8.33. The van der Waals surface area contributed by atoms with Crippen LogP contribution in [0.2, 0.25) is 10.0 Å². The van der Waals surface area contributed by atoms with Gasteiger partial charge in [-0.3, -0.25) is 9.59 Å². The van der Waals surface area contributed by atoms with Crippen molar-refractivity contribution in [3.63, 3.8) is 0 Å². The lowest BCUT2D eigenvalue weighted by Gasteiger charge is -2.40. The molecule has 164 valence electrons. The van der Waals surface area contributed by atoms with E-state index in [9.17, 15) is 9.59 Å². The molecule has 1 atom stereocenters. The highest BCUT2D eigenvalue weighted by Crippen LogP contribution is 2.34. The zero-order valence-electron chi connectivity index (χ0n) is 17.7. The third-order valence-corrected chi connectivity index (χ3v) is 6.02. The van der Waals surface area contributed by atoms with Crippen LogP contribution in [0.15, 0.2) is 18.2 Å². The average molecular weight is 463 g/mol. The van der Waals surface area contributed by atoms with Crippen LogP contribution in [-0.4, -0.2) is 58.9 Å². The number of benzene rings is 1. The summed E-state index contributed by atoms with van der Waals surface area (Å²) in [5.41, 5.74) is 1.79. The molecule has 0 spiro atoms. The van der Waals surface area contributed by atoms with Crippen molar-refractivity contribution in [2.24, 2.45) is 5.92 Å². The summed E-state index contributed by atoms with van der Waals surface area (Å²) in [4.78, 5) is 37.9. The van der Waals surface area contributed by atoms with Gasteiger partial charge in [-0.2, -0.15) is 4.98 Å². The molecule has 8 nitrogen and oxygen atoms in total. The number of likely N-dealkylation sites (tertiary alicyclic amines) is 1. The molecule has 2 amide bonds. The van der Waals surface area contributed by atoms with E-state index in [0.717, 1.165) is 0 Å². The van der Waals surface area contributed by atoms with Gasteiger partial charge in [0, 0.05) is 35.7 Å². The molecule has 2 aliphatic heterocycles. The van der Waals surface area contributed by atoms with Crippen molar-refractivity contribution < 1.29 is 9.59 Å². The van der Waals surface area contributed by atoms with Crippen molar-refractivity contribution in [3.8, 4) is 0 Å². The molecule has 0 bridgehead atoms. The molecule has 2 aromatic rings. The van der Waals surface area contributed by atoms with Crippen molar-refractivity contribution in [2.45, 2.75) is 32.9 Å². The molecule has 31 heavy (non-hydrogen) atoms. The van der Waals surface area contributed by atoms with Gasteiger partial charge in [0.05, 0.1) is 11.7 Å². The van der Waals surface area contributed by atoms with Gasteiger partial charge in [-0.15, -0.1) is 0 Å². The molecule has 1 aromatic heterocycles. The third-order valence-electron chi connectivity index (χ3n) is 5.58. The normalized spacial score (nSPS) is 18.5. The molecule has 3 heterocycles. The molecule has 0 radical (unpaired) electrons. The lowest BCUT2D eigenvalue weighted by molar-refractivity contribution is -0.118. The van der Waals surface area contributed by atoms with Crippen LogP contribution in [0.1, 0.15) is 29.9 Å². The summed E-state index contributed by atoms with van der Waals surface area (Å²) in [7, 11) is 1.87. The molecule has 0 aliphatic carbocycles. The lowest BCUT2D eigenvalue weighted by atomic mass is 9.99. The van der Waals surface area contributed by atoms with Crippen molar-refractivity contribution >= 4 is 52.5 Å². The Morgan fingerprint density at radius 1 is 1.19 bits per heavy atom. The number of nitrogens with one attached hydrogen (secondary N) is 2. The maximum atomic E-state index is 12.7.